The van der Waals surface area contributed by atoms with Gasteiger partial charge >= 0.3 is 0 Å². The number of amides is 2. The molecular weight excluding hydrogens is 400 g/mol. The molecule has 2 amide bonds. The molecule has 0 spiro atoms. The minimum Gasteiger partial charge on any atom is -0.482 e. The molecule has 1 aliphatic rings. The van der Waals surface area contributed by atoms with E-state index in [2.05, 4.69) is 5.32 Å². The van der Waals surface area contributed by atoms with Crippen LogP contribution >= 0.6 is 11.6 Å². The fraction of sp³-hybridized carbons (Fsp3) is 0.167. The van der Waals surface area contributed by atoms with Gasteiger partial charge in [0.1, 0.15) is 5.75 Å². The third kappa shape index (κ3) is 4.81. The summed E-state index contributed by atoms with van der Waals surface area (Å²) in [6, 6.07) is 22.6. The monoisotopic (exact) mass is 420 g/mol. The number of hydrogen-bond donors (Lipinski definition) is 1. The smallest absolute Gasteiger partial charge is 0.265 e. The Kier molecular flexibility index (Phi) is 6.00. The molecule has 0 aliphatic carbocycles. The zero-order valence-corrected chi connectivity index (χ0v) is 17.1. The van der Waals surface area contributed by atoms with Crippen molar-refractivity contribution >= 4 is 34.8 Å². The predicted octanol–water partition coefficient (Wildman–Crippen LogP) is 4.84. The first-order valence-corrected chi connectivity index (χ1v) is 10.1. The topological polar surface area (TPSA) is 58.6 Å². The van der Waals surface area contributed by atoms with Gasteiger partial charge in [0.15, 0.2) is 6.61 Å². The summed E-state index contributed by atoms with van der Waals surface area (Å²) in [5.41, 5.74) is 3.29. The first-order chi connectivity index (χ1) is 14.6. The number of rotatable bonds is 6. The number of nitrogens with zero attached hydrogens (tertiary/aromatic N) is 1. The lowest BCUT2D eigenvalue weighted by Crippen LogP contribution is -2.38. The van der Waals surface area contributed by atoms with Crippen molar-refractivity contribution in [2.24, 2.45) is 0 Å². The van der Waals surface area contributed by atoms with Gasteiger partial charge in [-0.05, 0) is 47.9 Å². The predicted molar refractivity (Wildman–Crippen MR) is 118 cm³/mol. The number of fused-ring (bicyclic) bond motifs is 1. The van der Waals surface area contributed by atoms with Crippen LogP contribution < -0.4 is 15.0 Å². The van der Waals surface area contributed by atoms with Crippen molar-refractivity contribution in [3.63, 3.8) is 0 Å². The van der Waals surface area contributed by atoms with E-state index in [0.717, 1.165) is 11.1 Å². The molecule has 1 N–H and O–H groups in total. The Morgan fingerprint density at radius 3 is 2.60 bits per heavy atom. The van der Waals surface area contributed by atoms with Gasteiger partial charge in [-0.1, -0.05) is 54.1 Å². The fourth-order valence-corrected chi connectivity index (χ4v) is 3.61. The summed E-state index contributed by atoms with van der Waals surface area (Å²) in [5, 5.41) is 3.54. The number of nitrogens with one attached hydrogen (secondary N) is 1. The summed E-state index contributed by atoms with van der Waals surface area (Å²) in [6.07, 6.45) is 1.04. The van der Waals surface area contributed by atoms with Crippen LogP contribution in [0.15, 0.2) is 72.8 Å². The van der Waals surface area contributed by atoms with Crippen molar-refractivity contribution in [1.29, 1.82) is 0 Å². The third-order valence-corrected chi connectivity index (χ3v) is 5.13. The van der Waals surface area contributed by atoms with Crippen LogP contribution in [-0.2, 0) is 22.6 Å². The van der Waals surface area contributed by atoms with Crippen LogP contribution in [0.3, 0.4) is 0 Å². The van der Waals surface area contributed by atoms with Crippen LogP contribution in [0.4, 0.5) is 11.4 Å². The molecule has 0 aromatic heterocycles. The van der Waals surface area contributed by atoms with E-state index in [1.807, 2.05) is 48.5 Å². The molecule has 5 nitrogen and oxygen atoms in total. The Labute approximate surface area is 180 Å². The van der Waals surface area contributed by atoms with Crippen LogP contribution in [0, 0.1) is 0 Å². The van der Waals surface area contributed by atoms with E-state index in [1.165, 1.54) is 0 Å². The molecule has 0 unspecified atom stereocenters. The average Bonchev–Trinajstić information content (AvgIpc) is 2.75. The summed E-state index contributed by atoms with van der Waals surface area (Å²) < 4.78 is 5.56. The molecule has 0 fully saturated rings. The van der Waals surface area contributed by atoms with Crippen LogP contribution in [-0.4, -0.2) is 18.4 Å². The SMILES string of the molecule is O=C(CCc1ccccc1)Nc1ccc2c(c1)N(Cc1cccc(Cl)c1)C(=O)CO2. The minimum atomic E-state index is -0.143. The van der Waals surface area contributed by atoms with E-state index >= 15 is 0 Å². The second-order valence-corrected chi connectivity index (χ2v) is 7.55. The van der Waals surface area contributed by atoms with E-state index in [9.17, 15) is 9.59 Å². The molecule has 0 saturated heterocycles. The maximum absolute atomic E-state index is 12.5. The highest BCUT2D eigenvalue weighted by molar-refractivity contribution is 6.30. The maximum atomic E-state index is 12.5. The lowest BCUT2D eigenvalue weighted by molar-refractivity contribution is -0.121. The zero-order chi connectivity index (χ0) is 20.9. The first-order valence-electron chi connectivity index (χ1n) is 9.74. The lowest BCUT2D eigenvalue weighted by atomic mass is 10.1. The van der Waals surface area contributed by atoms with Gasteiger partial charge < -0.3 is 15.0 Å². The van der Waals surface area contributed by atoms with Gasteiger partial charge in [-0.3, -0.25) is 9.59 Å². The van der Waals surface area contributed by atoms with Gasteiger partial charge in [0.2, 0.25) is 5.91 Å². The van der Waals surface area contributed by atoms with E-state index in [-0.39, 0.29) is 18.4 Å². The number of carbonyl (C=O) groups is 2. The molecule has 0 bridgehead atoms. The standard InChI is InChI=1S/C24H21ClN2O3/c25-19-8-4-7-18(13-19)15-27-21-14-20(10-11-22(21)30-16-24(27)29)26-23(28)12-9-17-5-2-1-3-6-17/h1-8,10-11,13-14H,9,12,15-16H2,(H,26,28). The number of halogens is 1. The number of benzene rings is 3. The van der Waals surface area contributed by atoms with Gasteiger partial charge in [0.25, 0.3) is 5.91 Å². The van der Waals surface area contributed by atoms with Gasteiger partial charge in [-0.2, -0.15) is 0 Å². The highest BCUT2D eigenvalue weighted by Crippen LogP contribution is 2.35. The molecule has 30 heavy (non-hydrogen) atoms. The molecule has 0 atom stereocenters. The molecule has 3 aromatic rings. The van der Waals surface area contributed by atoms with Crippen LogP contribution in [0.5, 0.6) is 5.75 Å². The number of aryl methyl sites for hydroxylation is 1. The van der Waals surface area contributed by atoms with Gasteiger partial charge in [-0.25, -0.2) is 0 Å². The molecular formula is C24H21ClN2O3. The number of carbonyl (C=O) groups excluding carboxylic acids is 2. The zero-order valence-electron chi connectivity index (χ0n) is 16.3. The Balaban J connectivity index is 1.48. The molecule has 0 radical (unpaired) electrons. The Bertz CT molecular complexity index is 1070. The van der Waals surface area contributed by atoms with Crippen LogP contribution in [0.1, 0.15) is 17.5 Å². The average molecular weight is 421 g/mol. The summed E-state index contributed by atoms with van der Waals surface area (Å²) in [7, 11) is 0. The van der Waals surface area contributed by atoms with Gasteiger partial charge in [-0.15, -0.1) is 0 Å². The number of ether oxygens (including phenoxy) is 1. The second kappa shape index (κ2) is 9.01. The Morgan fingerprint density at radius 1 is 1.00 bits per heavy atom. The van der Waals surface area contributed by atoms with Crippen LogP contribution in [0.25, 0.3) is 0 Å². The van der Waals surface area contributed by atoms with Crippen molar-refractivity contribution < 1.29 is 14.3 Å². The molecule has 6 heteroatoms. The molecule has 0 saturated carbocycles. The molecule has 1 heterocycles. The van der Waals surface area contributed by atoms with Gasteiger partial charge in [0, 0.05) is 17.1 Å². The molecule has 1 aliphatic heterocycles. The lowest BCUT2D eigenvalue weighted by Gasteiger charge is -2.30. The van der Waals surface area contributed by atoms with Crippen molar-refractivity contribution in [2.75, 3.05) is 16.8 Å². The first kappa shape index (κ1) is 20.0. The summed E-state index contributed by atoms with van der Waals surface area (Å²) in [5.74, 6) is 0.386. The highest BCUT2D eigenvalue weighted by atomic mass is 35.5. The van der Waals surface area contributed by atoms with E-state index in [0.29, 0.717) is 41.5 Å². The number of anilines is 2. The largest absolute Gasteiger partial charge is 0.482 e. The summed E-state index contributed by atoms with van der Waals surface area (Å²) in [4.78, 5) is 26.6. The highest BCUT2D eigenvalue weighted by Gasteiger charge is 2.26. The fourth-order valence-electron chi connectivity index (χ4n) is 3.40. The molecule has 4 rings (SSSR count). The molecule has 152 valence electrons. The second-order valence-electron chi connectivity index (χ2n) is 7.11. The van der Waals surface area contributed by atoms with E-state index < -0.39 is 0 Å². The van der Waals surface area contributed by atoms with Crippen LogP contribution in [0.2, 0.25) is 5.02 Å². The van der Waals surface area contributed by atoms with Crippen molar-refractivity contribution in [1.82, 2.24) is 0 Å². The number of hydrogen-bond acceptors (Lipinski definition) is 3. The van der Waals surface area contributed by atoms with Crippen molar-refractivity contribution in [3.8, 4) is 5.75 Å². The summed E-state index contributed by atoms with van der Waals surface area (Å²) in [6.45, 7) is 0.359. The normalized spacial score (nSPS) is 12.8. The third-order valence-electron chi connectivity index (χ3n) is 4.90. The molecule has 3 aromatic carbocycles. The Hall–Kier alpha value is -3.31. The summed E-state index contributed by atoms with van der Waals surface area (Å²) >= 11 is 6.08. The minimum absolute atomic E-state index is 0.0175. The van der Waals surface area contributed by atoms with E-state index in [4.69, 9.17) is 16.3 Å². The maximum Gasteiger partial charge on any atom is 0.265 e. The van der Waals surface area contributed by atoms with Crippen molar-refractivity contribution in [3.05, 3.63) is 88.9 Å². The van der Waals surface area contributed by atoms with Crippen molar-refractivity contribution in [2.45, 2.75) is 19.4 Å². The Morgan fingerprint density at radius 2 is 1.80 bits per heavy atom. The van der Waals surface area contributed by atoms with E-state index in [1.54, 1.807) is 29.2 Å². The van der Waals surface area contributed by atoms with Gasteiger partial charge in [0.05, 0.1) is 12.2 Å². The quantitative estimate of drug-likeness (QED) is 0.621.